The lowest BCUT2D eigenvalue weighted by atomic mass is 10.2. The van der Waals surface area contributed by atoms with Crippen LogP contribution < -0.4 is 0 Å². The average Bonchev–Trinajstić information content (AvgIpc) is 2.42. The zero-order valence-corrected chi connectivity index (χ0v) is 15.8. The second-order valence-electron chi connectivity index (χ2n) is 6.91. The first-order valence-corrected chi connectivity index (χ1v) is 10.4. The van der Waals surface area contributed by atoms with Gasteiger partial charge in [0.2, 0.25) is 8.32 Å². The Morgan fingerprint density at radius 2 is 1.29 bits per heavy atom. The van der Waals surface area contributed by atoms with Gasteiger partial charge in [-0.25, -0.2) is 0 Å². The lowest BCUT2D eigenvalue weighted by molar-refractivity contribution is 0.234. The van der Waals surface area contributed by atoms with Crippen molar-refractivity contribution in [3.63, 3.8) is 0 Å². The first-order valence-electron chi connectivity index (χ1n) is 8.21. The Bertz CT molecular complexity index is 412. The zero-order valence-electron chi connectivity index (χ0n) is 14.8. The summed E-state index contributed by atoms with van der Waals surface area (Å²) in [4.78, 5) is 0. The van der Waals surface area contributed by atoms with Crippen LogP contribution in [0.1, 0.15) is 54.0 Å². The lowest BCUT2D eigenvalue weighted by Crippen LogP contribution is -2.49. The number of benzene rings is 1. The number of hydrogen-bond donors (Lipinski definition) is 0. The fraction of sp³-hybridized carbons (Fsp3) is 0.579. The highest BCUT2D eigenvalue weighted by molar-refractivity contribution is 6.77. The third-order valence-electron chi connectivity index (χ3n) is 4.46. The van der Waals surface area contributed by atoms with E-state index < -0.39 is 8.32 Å². The Morgan fingerprint density at radius 3 is 1.71 bits per heavy atom. The van der Waals surface area contributed by atoms with Gasteiger partial charge in [0.15, 0.2) is 0 Å². The van der Waals surface area contributed by atoms with E-state index in [1.807, 2.05) is 6.07 Å². The summed E-state index contributed by atoms with van der Waals surface area (Å²) in [6, 6.07) is 10.4. The van der Waals surface area contributed by atoms with Crippen molar-refractivity contribution in [2.75, 3.05) is 0 Å². The molecule has 0 saturated carbocycles. The van der Waals surface area contributed by atoms with E-state index in [4.69, 9.17) is 4.43 Å². The second kappa shape index (κ2) is 7.95. The van der Waals surface area contributed by atoms with Gasteiger partial charge in [-0.15, -0.1) is 0 Å². The van der Waals surface area contributed by atoms with Gasteiger partial charge in [-0.3, -0.25) is 0 Å². The third-order valence-corrected chi connectivity index (χ3v) is 10.7. The SMILES string of the molecule is CC(/C=C/c1ccccc1)O[Si](C(C)C)(C(C)C)C(C)C. The molecule has 1 aromatic carbocycles. The molecule has 0 aromatic heterocycles. The van der Waals surface area contributed by atoms with Crippen molar-refractivity contribution in [2.45, 2.75) is 71.2 Å². The molecule has 0 fully saturated rings. The van der Waals surface area contributed by atoms with Crippen LogP contribution in [0, 0.1) is 0 Å². The van der Waals surface area contributed by atoms with Crippen LogP contribution >= 0.6 is 0 Å². The molecule has 0 radical (unpaired) electrons. The average molecular weight is 305 g/mol. The standard InChI is InChI=1S/C19H32OSi/c1-15(2)21(16(3)4,17(5)6)20-18(7)13-14-19-11-9-8-10-12-19/h8-18H,1-7H3/b14-13+. The fourth-order valence-electron chi connectivity index (χ4n) is 3.58. The molecule has 0 aliphatic rings. The molecule has 0 N–H and O–H groups in total. The molecule has 0 spiro atoms. The van der Waals surface area contributed by atoms with Crippen LogP contribution in [-0.4, -0.2) is 14.4 Å². The topological polar surface area (TPSA) is 9.23 Å². The predicted octanol–water partition coefficient (Wildman–Crippen LogP) is 6.28. The van der Waals surface area contributed by atoms with Crippen molar-refractivity contribution in [3.8, 4) is 0 Å². The van der Waals surface area contributed by atoms with E-state index in [9.17, 15) is 0 Å². The van der Waals surface area contributed by atoms with E-state index in [1.54, 1.807) is 0 Å². The Morgan fingerprint density at radius 1 is 0.810 bits per heavy atom. The van der Waals surface area contributed by atoms with Gasteiger partial charge in [-0.2, -0.15) is 0 Å². The van der Waals surface area contributed by atoms with Gasteiger partial charge >= 0.3 is 0 Å². The highest BCUT2D eigenvalue weighted by atomic mass is 28.4. The molecule has 0 aliphatic heterocycles. The van der Waals surface area contributed by atoms with Crippen molar-refractivity contribution in [2.24, 2.45) is 0 Å². The lowest BCUT2D eigenvalue weighted by Gasteiger charge is -2.43. The van der Waals surface area contributed by atoms with Crippen molar-refractivity contribution in [1.82, 2.24) is 0 Å². The molecule has 1 rings (SSSR count). The van der Waals surface area contributed by atoms with Crippen molar-refractivity contribution < 1.29 is 4.43 Å². The highest BCUT2D eigenvalue weighted by Gasteiger charge is 2.45. The largest absolute Gasteiger partial charge is 0.410 e. The van der Waals surface area contributed by atoms with E-state index >= 15 is 0 Å². The second-order valence-corrected chi connectivity index (χ2v) is 12.3. The molecule has 1 atom stereocenters. The smallest absolute Gasteiger partial charge is 0.201 e. The summed E-state index contributed by atoms with van der Waals surface area (Å²) in [5.74, 6) is 0. The van der Waals surface area contributed by atoms with Gasteiger partial charge in [0, 0.05) is 0 Å². The molecular formula is C19H32OSi. The minimum absolute atomic E-state index is 0.170. The molecular weight excluding hydrogens is 272 g/mol. The molecule has 2 heteroatoms. The van der Waals surface area contributed by atoms with Crippen LogP contribution in [0.25, 0.3) is 6.08 Å². The molecule has 1 unspecified atom stereocenters. The van der Waals surface area contributed by atoms with Crippen molar-refractivity contribution in [1.29, 1.82) is 0 Å². The summed E-state index contributed by atoms with van der Waals surface area (Å²) in [5.41, 5.74) is 3.12. The third kappa shape index (κ3) is 4.55. The Labute approximate surface area is 132 Å². The number of hydrogen-bond acceptors (Lipinski definition) is 1. The van der Waals surface area contributed by atoms with Gasteiger partial charge in [-0.05, 0) is 29.1 Å². The van der Waals surface area contributed by atoms with E-state index in [0.717, 1.165) is 0 Å². The minimum Gasteiger partial charge on any atom is -0.410 e. The van der Waals surface area contributed by atoms with Crippen LogP contribution in [0.2, 0.25) is 16.6 Å². The van der Waals surface area contributed by atoms with Crippen LogP contribution in [0.15, 0.2) is 36.4 Å². The summed E-state index contributed by atoms with van der Waals surface area (Å²) in [5, 5.41) is 0. The summed E-state index contributed by atoms with van der Waals surface area (Å²) < 4.78 is 6.70. The van der Waals surface area contributed by atoms with Gasteiger partial charge < -0.3 is 4.43 Å². The maximum absolute atomic E-state index is 6.70. The quantitative estimate of drug-likeness (QED) is 0.539. The fourth-order valence-corrected chi connectivity index (χ4v) is 9.12. The first-order chi connectivity index (χ1) is 9.80. The maximum Gasteiger partial charge on any atom is 0.201 e. The molecule has 0 saturated heterocycles. The molecule has 0 heterocycles. The minimum atomic E-state index is -1.78. The van der Waals surface area contributed by atoms with Gasteiger partial charge in [0.25, 0.3) is 0 Å². The summed E-state index contributed by atoms with van der Waals surface area (Å²) in [6.45, 7) is 16.2. The molecule has 1 nitrogen and oxygen atoms in total. The molecule has 0 bridgehead atoms. The monoisotopic (exact) mass is 304 g/mol. The molecule has 1 aromatic rings. The predicted molar refractivity (Wildman–Crippen MR) is 97.1 cm³/mol. The zero-order chi connectivity index (χ0) is 16.0. The molecule has 0 amide bonds. The molecule has 0 aliphatic carbocycles. The van der Waals surface area contributed by atoms with E-state index in [2.05, 4.69) is 84.9 Å². The van der Waals surface area contributed by atoms with Crippen LogP contribution in [-0.2, 0) is 4.43 Å². The Balaban J connectivity index is 2.86. The van der Waals surface area contributed by atoms with E-state index in [0.29, 0.717) is 16.6 Å². The number of rotatable bonds is 7. The summed E-state index contributed by atoms with van der Waals surface area (Å²) >= 11 is 0. The summed E-state index contributed by atoms with van der Waals surface area (Å²) in [7, 11) is -1.78. The first kappa shape index (κ1) is 18.2. The van der Waals surface area contributed by atoms with Crippen LogP contribution in [0.4, 0.5) is 0 Å². The van der Waals surface area contributed by atoms with Crippen molar-refractivity contribution in [3.05, 3.63) is 42.0 Å². The summed E-state index contributed by atoms with van der Waals surface area (Å²) in [6.07, 6.45) is 4.54. The van der Waals surface area contributed by atoms with E-state index in [1.165, 1.54) is 5.56 Å². The van der Waals surface area contributed by atoms with Crippen molar-refractivity contribution >= 4 is 14.4 Å². The maximum atomic E-state index is 6.70. The van der Waals surface area contributed by atoms with Gasteiger partial charge in [0.05, 0.1) is 6.10 Å². The molecule has 21 heavy (non-hydrogen) atoms. The highest BCUT2D eigenvalue weighted by Crippen LogP contribution is 2.43. The van der Waals surface area contributed by atoms with Crippen LogP contribution in [0.5, 0.6) is 0 Å². The Kier molecular flexibility index (Phi) is 6.89. The van der Waals surface area contributed by atoms with E-state index in [-0.39, 0.29) is 6.10 Å². The normalized spacial score (nSPS) is 14.6. The van der Waals surface area contributed by atoms with Crippen LogP contribution in [0.3, 0.4) is 0 Å². The molecule has 118 valence electrons. The Hall–Kier alpha value is -0.863. The van der Waals surface area contributed by atoms with Gasteiger partial charge in [-0.1, -0.05) is 84.0 Å². The van der Waals surface area contributed by atoms with Gasteiger partial charge in [0.1, 0.15) is 0 Å².